The SMILES string of the molecule is COc1ccccc1[PH](=O)c1ccccc1.Cl. The summed E-state index contributed by atoms with van der Waals surface area (Å²) in [4.78, 5) is 0. The smallest absolute Gasteiger partial charge is 0.135 e. The molecule has 17 heavy (non-hydrogen) atoms. The average Bonchev–Trinajstić information content (AvgIpc) is 2.39. The first-order valence-electron chi connectivity index (χ1n) is 5.05. The van der Waals surface area contributed by atoms with Crippen LogP contribution in [0, 0.1) is 0 Å². The van der Waals surface area contributed by atoms with Crippen molar-refractivity contribution >= 4 is 30.8 Å². The number of benzene rings is 2. The first-order valence-corrected chi connectivity index (χ1v) is 6.46. The number of rotatable bonds is 3. The van der Waals surface area contributed by atoms with Gasteiger partial charge < -0.3 is 9.30 Å². The molecule has 0 spiro atoms. The van der Waals surface area contributed by atoms with E-state index in [1.54, 1.807) is 7.11 Å². The molecule has 0 heterocycles. The van der Waals surface area contributed by atoms with Crippen LogP contribution in [-0.2, 0) is 4.57 Å². The van der Waals surface area contributed by atoms with Gasteiger partial charge in [-0.05, 0) is 12.1 Å². The Morgan fingerprint density at radius 3 is 2.18 bits per heavy atom. The predicted octanol–water partition coefficient (Wildman–Crippen LogP) is 2.63. The van der Waals surface area contributed by atoms with Crippen LogP contribution in [0.5, 0.6) is 5.75 Å². The van der Waals surface area contributed by atoms with Gasteiger partial charge in [-0.15, -0.1) is 12.4 Å². The minimum absolute atomic E-state index is 0. The van der Waals surface area contributed by atoms with Crippen LogP contribution in [0.25, 0.3) is 0 Å². The van der Waals surface area contributed by atoms with Crippen LogP contribution in [0.2, 0.25) is 0 Å². The predicted molar refractivity (Wildman–Crippen MR) is 75.0 cm³/mol. The van der Waals surface area contributed by atoms with E-state index >= 15 is 0 Å². The normalized spacial score (nSPS) is 11.4. The molecule has 2 nitrogen and oxygen atoms in total. The fourth-order valence-corrected chi connectivity index (χ4v) is 3.04. The maximum Gasteiger partial charge on any atom is 0.135 e. The third kappa shape index (κ3) is 3.12. The van der Waals surface area contributed by atoms with E-state index in [2.05, 4.69) is 0 Å². The van der Waals surface area contributed by atoms with Crippen LogP contribution in [0.4, 0.5) is 0 Å². The van der Waals surface area contributed by atoms with E-state index in [9.17, 15) is 4.57 Å². The van der Waals surface area contributed by atoms with Crippen LogP contribution in [0.1, 0.15) is 0 Å². The molecule has 0 aliphatic rings. The topological polar surface area (TPSA) is 26.3 Å². The zero-order valence-electron chi connectivity index (χ0n) is 9.42. The third-order valence-electron chi connectivity index (χ3n) is 2.39. The summed E-state index contributed by atoms with van der Waals surface area (Å²) in [5, 5.41) is 1.64. The van der Waals surface area contributed by atoms with Crippen LogP contribution in [0.3, 0.4) is 0 Å². The molecule has 90 valence electrons. The second kappa shape index (κ2) is 6.48. The highest BCUT2D eigenvalue weighted by atomic mass is 35.5. The molecule has 0 saturated heterocycles. The Balaban J connectivity index is 0.00000144. The fraction of sp³-hybridized carbons (Fsp3) is 0.0769. The molecule has 2 rings (SSSR count). The molecule has 1 unspecified atom stereocenters. The maximum absolute atomic E-state index is 12.3. The standard InChI is InChI=1S/C13H13O2P.ClH/c1-15-12-9-5-6-10-13(12)16(14)11-7-3-2-4-8-11;/h2-10,16H,1H3;1H. The lowest BCUT2D eigenvalue weighted by atomic mass is 10.3. The Hall–Kier alpha value is -1.24. The summed E-state index contributed by atoms with van der Waals surface area (Å²) in [6.45, 7) is 0. The monoisotopic (exact) mass is 268 g/mol. The maximum atomic E-state index is 12.3. The second-order valence-electron chi connectivity index (χ2n) is 3.40. The molecule has 0 fully saturated rings. The molecule has 0 N–H and O–H groups in total. The quantitative estimate of drug-likeness (QED) is 0.800. The first kappa shape index (κ1) is 13.8. The molecule has 0 amide bonds. The van der Waals surface area contributed by atoms with E-state index in [4.69, 9.17) is 4.74 Å². The lowest BCUT2D eigenvalue weighted by Crippen LogP contribution is -2.08. The Morgan fingerprint density at radius 1 is 0.941 bits per heavy atom. The molecule has 0 aliphatic heterocycles. The van der Waals surface area contributed by atoms with Crippen molar-refractivity contribution in [1.29, 1.82) is 0 Å². The molecule has 0 bridgehead atoms. The van der Waals surface area contributed by atoms with E-state index in [1.165, 1.54) is 0 Å². The van der Waals surface area contributed by atoms with Gasteiger partial charge in [0.15, 0.2) is 0 Å². The van der Waals surface area contributed by atoms with E-state index in [0.29, 0.717) is 5.75 Å². The highest BCUT2D eigenvalue weighted by Crippen LogP contribution is 2.24. The molecule has 0 saturated carbocycles. The second-order valence-corrected chi connectivity index (χ2v) is 5.17. The summed E-state index contributed by atoms with van der Waals surface area (Å²) in [5.74, 6) is 0.690. The number of methoxy groups -OCH3 is 1. The van der Waals surface area contributed by atoms with Gasteiger partial charge in [0.25, 0.3) is 0 Å². The molecular weight excluding hydrogens is 255 g/mol. The summed E-state index contributed by atoms with van der Waals surface area (Å²) in [7, 11) is -0.365. The number of ether oxygens (including phenoxy) is 1. The van der Waals surface area contributed by atoms with Gasteiger partial charge in [-0.2, -0.15) is 0 Å². The first-order chi connectivity index (χ1) is 7.83. The largest absolute Gasteiger partial charge is 0.496 e. The summed E-state index contributed by atoms with van der Waals surface area (Å²) >= 11 is 0. The van der Waals surface area contributed by atoms with Gasteiger partial charge in [-0.3, -0.25) is 0 Å². The van der Waals surface area contributed by atoms with Gasteiger partial charge in [0.2, 0.25) is 0 Å². The fourth-order valence-electron chi connectivity index (χ4n) is 1.58. The highest BCUT2D eigenvalue weighted by molar-refractivity contribution is 7.61. The van der Waals surface area contributed by atoms with Crippen LogP contribution < -0.4 is 15.3 Å². The molecule has 4 heteroatoms. The molecule has 0 radical (unpaired) electrons. The van der Waals surface area contributed by atoms with Crippen LogP contribution in [-0.4, -0.2) is 7.11 Å². The van der Waals surface area contributed by atoms with Crippen LogP contribution in [0.15, 0.2) is 54.6 Å². The van der Waals surface area contributed by atoms with Crippen molar-refractivity contribution in [2.24, 2.45) is 0 Å². The lowest BCUT2D eigenvalue weighted by molar-refractivity contribution is 0.418. The number of para-hydroxylation sites is 1. The van der Waals surface area contributed by atoms with Crippen molar-refractivity contribution in [2.45, 2.75) is 0 Å². The average molecular weight is 269 g/mol. The third-order valence-corrected chi connectivity index (χ3v) is 4.15. The van der Waals surface area contributed by atoms with Crippen molar-refractivity contribution in [2.75, 3.05) is 7.11 Å². The van der Waals surface area contributed by atoms with Crippen molar-refractivity contribution < 1.29 is 9.30 Å². The zero-order valence-corrected chi connectivity index (χ0v) is 11.2. The van der Waals surface area contributed by atoms with E-state index in [0.717, 1.165) is 10.6 Å². The van der Waals surface area contributed by atoms with Gasteiger partial charge in [-0.1, -0.05) is 42.5 Å². The Bertz CT molecular complexity index is 500. The Kier molecular flexibility index (Phi) is 5.27. The summed E-state index contributed by atoms with van der Waals surface area (Å²) < 4.78 is 17.5. The van der Waals surface area contributed by atoms with E-state index in [-0.39, 0.29) is 12.4 Å². The molecule has 1 atom stereocenters. The van der Waals surface area contributed by atoms with Gasteiger partial charge in [-0.25, -0.2) is 0 Å². The minimum atomic E-state index is -1.96. The van der Waals surface area contributed by atoms with Crippen molar-refractivity contribution in [3.63, 3.8) is 0 Å². The molecule has 2 aromatic rings. The van der Waals surface area contributed by atoms with Gasteiger partial charge in [0, 0.05) is 5.30 Å². The van der Waals surface area contributed by atoms with Gasteiger partial charge >= 0.3 is 0 Å². The van der Waals surface area contributed by atoms with E-state index < -0.39 is 7.80 Å². The minimum Gasteiger partial charge on any atom is -0.496 e. The Morgan fingerprint density at radius 2 is 1.53 bits per heavy atom. The summed E-state index contributed by atoms with van der Waals surface area (Å²) in [5.41, 5.74) is 0. The van der Waals surface area contributed by atoms with Crippen molar-refractivity contribution in [3.05, 3.63) is 54.6 Å². The van der Waals surface area contributed by atoms with Gasteiger partial charge in [0.05, 0.1) is 12.4 Å². The van der Waals surface area contributed by atoms with Crippen molar-refractivity contribution in [1.82, 2.24) is 0 Å². The molecule has 0 aromatic heterocycles. The molecular formula is C13H14ClO2P. The molecule has 2 aromatic carbocycles. The van der Waals surface area contributed by atoms with E-state index in [1.807, 2.05) is 54.6 Å². The van der Waals surface area contributed by atoms with Crippen molar-refractivity contribution in [3.8, 4) is 5.75 Å². The number of halogens is 1. The van der Waals surface area contributed by atoms with Gasteiger partial charge in [0.1, 0.15) is 13.6 Å². The lowest BCUT2D eigenvalue weighted by Gasteiger charge is -2.07. The molecule has 0 aliphatic carbocycles. The number of hydrogen-bond acceptors (Lipinski definition) is 2. The Labute approximate surface area is 108 Å². The summed E-state index contributed by atoms with van der Waals surface area (Å²) in [6, 6.07) is 16.9. The summed E-state index contributed by atoms with van der Waals surface area (Å²) in [6.07, 6.45) is 0. The number of hydrogen-bond donors (Lipinski definition) is 0. The van der Waals surface area contributed by atoms with Crippen LogP contribution >= 0.6 is 20.2 Å². The highest BCUT2D eigenvalue weighted by Gasteiger charge is 2.10. The zero-order chi connectivity index (χ0) is 11.4.